The van der Waals surface area contributed by atoms with Gasteiger partial charge in [0.25, 0.3) is 0 Å². The van der Waals surface area contributed by atoms with Crippen molar-refractivity contribution in [3.05, 3.63) is 46.8 Å². The molecule has 5 nitrogen and oxygen atoms in total. The van der Waals surface area contributed by atoms with Crippen LogP contribution in [-0.4, -0.2) is 35.3 Å². The zero-order valence-corrected chi connectivity index (χ0v) is 15.2. The SMILES string of the molecule is Cc1cc(C)c2c(c1)N(C(=O)[C@H]1CNC[C@@H]1c1cnn(C)c1)CCC2. The molecule has 0 unspecified atom stereocenters. The Morgan fingerprint density at radius 3 is 2.88 bits per heavy atom. The summed E-state index contributed by atoms with van der Waals surface area (Å²) in [4.78, 5) is 15.5. The number of hydrogen-bond acceptors (Lipinski definition) is 3. The van der Waals surface area contributed by atoms with E-state index in [1.54, 1.807) is 0 Å². The molecule has 0 radical (unpaired) electrons. The van der Waals surface area contributed by atoms with E-state index in [1.807, 2.05) is 29.0 Å². The van der Waals surface area contributed by atoms with Crippen LogP contribution in [-0.2, 0) is 18.3 Å². The monoisotopic (exact) mass is 338 g/mol. The lowest BCUT2D eigenvalue weighted by Crippen LogP contribution is -2.42. The highest BCUT2D eigenvalue weighted by molar-refractivity contribution is 5.97. The van der Waals surface area contributed by atoms with Crippen LogP contribution in [0.4, 0.5) is 5.69 Å². The van der Waals surface area contributed by atoms with E-state index < -0.39 is 0 Å². The fraction of sp³-hybridized carbons (Fsp3) is 0.500. The van der Waals surface area contributed by atoms with E-state index in [9.17, 15) is 4.79 Å². The molecule has 3 heterocycles. The molecule has 2 aliphatic rings. The summed E-state index contributed by atoms with van der Waals surface area (Å²) in [5, 5.41) is 7.70. The molecular weight excluding hydrogens is 312 g/mol. The standard InChI is InChI=1S/C20H26N4O/c1-13-7-14(2)16-5-4-6-24(19(16)8-13)20(25)18-11-21-10-17(18)15-9-22-23(3)12-15/h7-9,12,17-18,21H,4-6,10-11H2,1-3H3/t17-,18+/m1/s1. The van der Waals surface area contributed by atoms with Crippen LogP contribution in [0, 0.1) is 19.8 Å². The molecule has 25 heavy (non-hydrogen) atoms. The molecule has 2 aromatic rings. The third-order valence-corrected chi connectivity index (χ3v) is 5.64. The predicted molar refractivity (Wildman–Crippen MR) is 98.9 cm³/mol. The van der Waals surface area contributed by atoms with Gasteiger partial charge in [-0.1, -0.05) is 6.07 Å². The largest absolute Gasteiger partial charge is 0.315 e. The molecule has 1 aromatic carbocycles. The van der Waals surface area contributed by atoms with Crippen molar-refractivity contribution in [2.24, 2.45) is 13.0 Å². The number of aromatic nitrogens is 2. The summed E-state index contributed by atoms with van der Waals surface area (Å²) in [5.41, 5.74) is 6.16. The smallest absolute Gasteiger partial charge is 0.232 e. The second-order valence-electron chi connectivity index (χ2n) is 7.49. The van der Waals surface area contributed by atoms with Gasteiger partial charge in [0.15, 0.2) is 0 Å². The average molecular weight is 338 g/mol. The highest BCUT2D eigenvalue weighted by atomic mass is 16.2. The van der Waals surface area contributed by atoms with Crippen LogP contribution in [0.15, 0.2) is 24.5 Å². The molecule has 5 heteroatoms. The number of hydrogen-bond donors (Lipinski definition) is 1. The number of anilines is 1. The number of nitrogens with zero attached hydrogens (tertiary/aromatic N) is 3. The Balaban J connectivity index is 1.66. The number of amides is 1. The molecule has 1 N–H and O–H groups in total. The van der Waals surface area contributed by atoms with Gasteiger partial charge in [-0.25, -0.2) is 0 Å². The third kappa shape index (κ3) is 2.86. The molecule has 2 atom stereocenters. The number of fused-ring (bicyclic) bond motifs is 1. The van der Waals surface area contributed by atoms with Crippen LogP contribution in [0.2, 0.25) is 0 Å². The first-order chi connectivity index (χ1) is 12.0. The van der Waals surface area contributed by atoms with Gasteiger partial charge in [0.2, 0.25) is 5.91 Å². The average Bonchev–Trinajstić information content (AvgIpc) is 3.22. The van der Waals surface area contributed by atoms with Crippen LogP contribution in [0.3, 0.4) is 0 Å². The Hall–Kier alpha value is -2.14. The Labute approximate surface area is 149 Å². The molecule has 1 amide bonds. The minimum absolute atomic E-state index is 0.0176. The Bertz CT molecular complexity index is 810. The fourth-order valence-corrected chi connectivity index (χ4v) is 4.42. The van der Waals surface area contributed by atoms with Crippen LogP contribution in [0.25, 0.3) is 0 Å². The maximum Gasteiger partial charge on any atom is 0.232 e. The van der Waals surface area contributed by atoms with Gasteiger partial charge in [-0.15, -0.1) is 0 Å². The summed E-state index contributed by atoms with van der Waals surface area (Å²) in [6, 6.07) is 4.41. The highest BCUT2D eigenvalue weighted by Gasteiger charge is 2.38. The lowest BCUT2D eigenvalue weighted by molar-refractivity contribution is -0.122. The molecule has 4 rings (SSSR count). The first-order valence-electron chi connectivity index (χ1n) is 9.15. The van der Waals surface area contributed by atoms with E-state index >= 15 is 0 Å². The van der Waals surface area contributed by atoms with Crippen LogP contribution in [0.5, 0.6) is 0 Å². The first kappa shape index (κ1) is 16.3. The van der Waals surface area contributed by atoms with Gasteiger partial charge in [-0.2, -0.15) is 5.10 Å². The Morgan fingerprint density at radius 1 is 1.28 bits per heavy atom. The normalized spacial score (nSPS) is 22.9. The molecule has 0 bridgehead atoms. The summed E-state index contributed by atoms with van der Waals surface area (Å²) in [5.74, 6) is 0.443. The minimum atomic E-state index is -0.0176. The van der Waals surface area contributed by atoms with E-state index in [1.165, 1.54) is 16.7 Å². The molecule has 1 aromatic heterocycles. The summed E-state index contributed by atoms with van der Waals surface area (Å²) >= 11 is 0. The van der Waals surface area contributed by atoms with Gasteiger partial charge in [0.1, 0.15) is 0 Å². The number of carbonyl (C=O) groups excluding carboxylic acids is 1. The molecular formula is C20H26N4O. The number of rotatable bonds is 2. The zero-order valence-electron chi connectivity index (χ0n) is 15.2. The zero-order chi connectivity index (χ0) is 17.6. The second kappa shape index (κ2) is 6.30. The van der Waals surface area contributed by atoms with Gasteiger partial charge >= 0.3 is 0 Å². The van der Waals surface area contributed by atoms with Crippen molar-refractivity contribution >= 4 is 11.6 Å². The molecule has 1 fully saturated rings. The molecule has 2 aliphatic heterocycles. The second-order valence-corrected chi connectivity index (χ2v) is 7.49. The number of benzene rings is 1. The van der Waals surface area contributed by atoms with Crippen molar-refractivity contribution in [1.82, 2.24) is 15.1 Å². The summed E-state index contributed by atoms with van der Waals surface area (Å²) < 4.78 is 1.82. The molecule has 0 spiro atoms. The van der Waals surface area contributed by atoms with Crippen molar-refractivity contribution in [3.8, 4) is 0 Å². The van der Waals surface area contributed by atoms with Gasteiger partial charge < -0.3 is 10.2 Å². The van der Waals surface area contributed by atoms with Crippen molar-refractivity contribution in [3.63, 3.8) is 0 Å². The van der Waals surface area contributed by atoms with Gasteiger partial charge in [0.05, 0.1) is 12.1 Å². The molecule has 1 saturated heterocycles. The Morgan fingerprint density at radius 2 is 2.12 bits per heavy atom. The minimum Gasteiger partial charge on any atom is -0.315 e. The van der Waals surface area contributed by atoms with Crippen LogP contribution in [0.1, 0.15) is 34.6 Å². The van der Waals surface area contributed by atoms with Crippen LogP contribution >= 0.6 is 0 Å². The summed E-state index contributed by atoms with van der Waals surface area (Å²) in [6.07, 6.45) is 6.05. The number of aryl methyl sites for hydroxylation is 3. The molecule has 0 aliphatic carbocycles. The summed E-state index contributed by atoms with van der Waals surface area (Å²) in [6.45, 7) is 6.69. The van der Waals surface area contributed by atoms with Crippen molar-refractivity contribution in [1.29, 1.82) is 0 Å². The van der Waals surface area contributed by atoms with Crippen LogP contribution < -0.4 is 10.2 Å². The van der Waals surface area contributed by atoms with E-state index in [2.05, 4.69) is 36.4 Å². The molecule has 132 valence electrons. The quantitative estimate of drug-likeness (QED) is 0.914. The van der Waals surface area contributed by atoms with Crippen molar-refractivity contribution < 1.29 is 4.79 Å². The first-order valence-corrected chi connectivity index (χ1v) is 9.15. The van der Waals surface area contributed by atoms with Crippen molar-refractivity contribution in [2.75, 3.05) is 24.5 Å². The topological polar surface area (TPSA) is 50.2 Å². The molecule has 0 saturated carbocycles. The number of nitrogens with one attached hydrogen (secondary N) is 1. The van der Waals surface area contributed by atoms with E-state index in [-0.39, 0.29) is 17.7 Å². The van der Waals surface area contributed by atoms with Gasteiger partial charge in [-0.05, 0) is 55.0 Å². The van der Waals surface area contributed by atoms with Gasteiger partial charge in [-0.3, -0.25) is 9.48 Å². The highest BCUT2D eigenvalue weighted by Crippen LogP contribution is 2.35. The lowest BCUT2D eigenvalue weighted by atomic mass is 9.88. The predicted octanol–water partition coefficient (Wildman–Crippen LogP) is 2.32. The summed E-state index contributed by atoms with van der Waals surface area (Å²) in [7, 11) is 1.93. The van der Waals surface area contributed by atoms with Crippen molar-refractivity contribution in [2.45, 2.75) is 32.6 Å². The fourth-order valence-electron chi connectivity index (χ4n) is 4.42. The van der Waals surface area contributed by atoms with E-state index in [4.69, 9.17) is 0 Å². The maximum absolute atomic E-state index is 13.4. The third-order valence-electron chi connectivity index (χ3n) is 5.64. The lowest BCUT2D eigenvalue weighted by Gasteiger charge is -2.33. The number of carbonyl (C=O) groups is 1. The van der Waals surface area contributed by atoms with E-state index in [0.29, 0.717) is 0 Å². The Kier molecular flexibility index (Phi) is 4.12. The maximum atomic E-state index is 13.4. The van der Waals surface area contributed by atoms with Gasteiger partial charge in [0, 0.05) is 44.5 Å². The van der Waals surface area contributed by atoms with E-state index in [0.717, 1.165) is 43.7 Å².